The number of hydrogen-bond acceptors (Lipinski definition) is 21. The summed E-state index contributed by atoms with van der Waals surface area (Å²) in [6.45, 7) is 15.7. The average molecular weight is 958 g/mol. The molecule has 2 unspecified atom stereocenters. The Morgan fingerprint density at radius 2 is 0.731 bits per heavy atom. The molecule has 67 heavy (non-hydrogen) atoms. The molecular weight excluding hydrogens is 879 g/mol. The van der Waals surface area contributed by atoms with Gasteiger partial charge in [0.1, 0.15) is 13.2 Å². The number of nitrogens with one attached hydrogen (secondary N) is 3. The molecule has 0 aromatic heterocycles. The van der Waals surface area contributed by atoms with Crippen LogP contribution in [0.1, 0.15) is 23.5 Å². The second kappa shape index (κ2) is 37.8. The van der Waals surface area contributed by atoms with E-state index in [4.69, 9.17) is 67.1 Å². The number of para-hydroxylation sites is 2. The van der Waals surface area contributed by atoms with Crippen molar-refractivity contribution in [1.29, 1.82) is 0 Å². The van der Waals surface area contributed by atoms with Crippen LogP contribution in [0.2, 0.25) is 0 Å². The highest BCUT2D eigenvalue weighted by Crippen LogP contribution is 2.37. The molecule has 0 saturated carbocycles. The van der Waals surface area contributed by atoms with Crippen LogP contribution < -0.4 is 25.4 Å². The van der Waals surface area contributed by atoms with Crippen LogP contribution in [0.15, 0.2) is 36.4 Å². The van der Waals surface area contributed by atoms with Crippen molar-refractivity contribution in [3.63, 3.8) is 0 Å². The van der Waals surface area contributed by atoms with Gasteiger partial charge in [0, 0.05) is 63.5 Å². The van der Waals surface area contributed by atoms with Crippen LogP contribution in [0.25, 0.3) is 0 Å². The number of hydrogen-bond donors (Lipinski definition) is 7. The predicted octanol–water partition coefficient (Wildman–Crippen LogP) is 0.103. The van der Waals surface area contributed by atoms with E-state index in [-0.39, 0.29) is 37.0 Å². The molecule has 7 N–H and O–H groups in total. The van der Waals surface area contributed by atoms with Gasteiger partial charge in [0.15, 0.2) is 23.0 Å². The van der Waals surface area contributed by atoms with Gasteiger partial charge in [-0.3, -0.25) is 20.4 Å². The monoisotopic (exact) mass is 958 g/mol. The lowest BCUT2D eigenvalue weighted by atomic mass is 10.1. The molecule has 0 spiro atoms. The van der Waals surface area contributed by atoms with Crippen molar-refractivity contribution in [2.45, 2.75) is 12.3 Å². The van der Waals surface area contributed by atoms with E-state index < -0.39 is 0 Å². The first-order chi connectivity index (χ1) is 33.1. The van der Waals surface area contributed by atoms with Gasteiger partial charge in [0.2, 0.25) is 0 Å². The molecule has 2 aliphatic heterocycles. The van der Waals surface area contributed by atoms with Crippen LogP contribution in [-0.2, 0) is 47.4 Å². The van der Waals surface area contributed by atoms with Crippen molar-refractivity contribution >= 4 is 0 Å². The number of ether oxygens (including phenoxy) is 12. The van der Waals surface area contributed by atoms with E-state index in [1.54, 1.807) is 12.1 Å². The molecule has 2 saturated heterocycles. The Bertz CT molecular complexity index is 1400. The fraction of sp³-hybridized carbons (Fsp3) is 0.739. The molecule has 0 bridgehead atoms. The summed E-state index contributed by atoms with van der Waals surface area (Å²) in [4.78, 5) is 4.63. The summed E-state index contributed by atoms with van der Waals surface area (Å²) in [5.41, 5.74) is 1.55. The maximum absolute atomic E-state index is 11.2. The largest absolute Gasteiger partial charge is 0.504 e. The van der Waals surface area contributed by atoms with E-state index in [1.165, 1.54) is 0 Å². The lowest BCUT2D eigenvalue weighted by molar-refractivity contribution is -0.0147. The topological polar surface area (TPSA) is 234 Å². The molecule has 0 amide bonds. The van der Waals surface area contributed by atoms with E-state index in [9.17, 15) is 10.2 Å². The zero-order chi connectivity index (χ0) is 47.3. The fourth-order valence-electron chi connectivity index (χ4n) is 7.14. The number of aromatic hydroxyl groups is 2. The molecule has 2 atom stereocenters. The molecule has 384 valence electrons. The summed E-state index contributed by atoms with van der Waals surface area (Å²) in [6.07, 6.45) is -0.275. The van der Waals surface area contributed by atoms with Gasteiger partial charge >= 0.3 is 0 Å². The van der Waals surface area contributed by atoms with Gasteiger partial charge in [0.05, 0.1) is 158 Å². The molecule has 2 fully saturated rings. The first-order valence-corrected chi connectivity index (χ1v) is 23.7. The lowest BCUT2D eigenvalue weighted by Gasteiger charge is -2.27. The predicted molar refractivity (Wildman–Crippen MR) is 247 cm³/mol. The normalized spacial score (nSPS) is 16.7. The minimum absolute atomic E-state index is 0.00832. The van der Waals surface area contributed by atoms with Gasteiger partial charge in [-0.15, -0.1) is 0 Å². The summed E-state index contributed by atoms with van der Waals surface area (Å²) in [6, 6.07) is 11.2. The van der Waals surface area contributed by atoms with Gasteiger partial charge in [-0.25, -0.2) is 0 Å². The molecule has 21 heteroatoms. The van der Waals surface area contributed by atoms with E-state index in [0.717, 1.165) is 63.5 Å². The van der Waals surface area contributed by atoms with Crippen LogP contribution in [0.5, 0.6) is 23.0 Å². The highest BCUT2D eigenvalue weighted by Gasteiger charge is 2.30. The zero-order valence-electron chi connectivity index (χ0n) is 39.3. The standard InChI is InChI=1S/C46H79N5O16/c52-15-17-56-19-21-58-23-25-60-27-29-62-31-33-64-35-37-66-41-5-1-3-39(43(41)54)45-48-9-13-50(45)11-7-47-8-12-51-14-10-49-46(51)40-4-2-6-42(44(40)55)67-38-36-65-34-32-63-30-28-61-26-24-59-22-20-57-18-16-53/h1-6,45-49,52-55H,7-38H2. The summed E-state index contributed by atoms with van der Waals surface area (Å²) in [7, 11) is 0. The highest BCUT2D eigenvalue weighted by atomic mass is 16.6. The smallest absolute Gasteiger partial charge is 0.163 e. The van der Waals surface area contributed by atoms with Crippen molar-refractivity contribution in [1.82, 2.24) is 25.8 Å². The van der Waals surface area contributed by atoms with Crippen molar-refractivity contribution in [3.8, 4) is 23.0 Å². The van der Waals surface area contributed by atoms with E-state index in [1.807, 2.05) is 24.3 Å². The first-order valence-electron chi connectivity index (χ1n) is 23.7. The number of phenolic OH excluding ortho intramolecular Hbond substituents is 2. The molecule has 4 rings (SSSR count). The van der Waals surface area contributed by atoms with Gasteiger partial charge in [0.25, 0.3) is 0 Å². The Kier molecular flexibility index (Phi) is 31.9. The third-order valence-electron chi connectivity index (χ3n) is 10.4. The lowest BCUT2D eigenvalue weighted by Crippen LogP contribution is -2.38. The number of nitrogens with zero attached hydrogens (tertiary/aromatic N) is 2. The molecule has 2 aromatic rings. The quantitative estimate of drug-likeness (QED) is 0.0437. The minimum Gasteiger partial charge on any atom is -0.504 e. The SMILES string of the molecule is OCCOCCOCCOCCOCCOCCOc1cccc(C2NCCN2CCNCCN2CCNC2c2cccc(OCCOCCOCCOCCOCCOCCO)c2O)c1O. The Labute approximate surface area is 396 Å². The van der Waals surface area contributed by atoms with Crippen molar-refractivity contribution in [2.75, 3.05) is 211 Å². The third kappa shape index (κ3) is 23.9. The van der Waals surface area contributed by atoms with Crippen LogP contribution in [0, 0.1) is 0 Å². The summed E-state index contributed by atoms with van der Waals surface area (Å²) < 4.78 is 66.1. The Morgan fingerprint density at radius 1 is 0.433 bits per heavy atom. The maximum Gasteiger partial charge on any atom is 0.163 e. The molecular formula is C46H79N5O16. The van der Waals surface area contributed by atoms with Crippen LogP contribution in [0.4, 0.5) is 0 Å². The molecule has 2 aliphatic rings. The summed E-state index contributed by atoms with van der Waals surface area (Å²) >= 11 is 0. The van der Waals surface area contributed by atoms with E-state index >= 15 is 0 Å². The van der Waals surface area contributed by atoms with Gasteiger partial charge in [-0.2, -0.15) is 0 Å². The Balaban J connectivity index is 1.02. The van der Waals surface area contributed by atoms with E-state index in [0.29, 0.717) is 157 Å². The number of rotatable bonds is 44. The van der Waals surface area contributed by atoms with Crippen molar-refractivity contribution < 1.29 is 77.3 Å². The van der Waals surface area contributed by atoms with Gasteiger partial charge < -0.3 is 82.6 Å². The average Bonchev–Trinajstić information content (AvgIpc) is 4.02. The maximum atomic E-state index is 11.2. The van der Waals surface area contributed by atoms with Crippen LogP contribution >= 0.6 is 0 Å². The molecule has 21 nitrogen and oxygen atoms in total. The number of aliphatic hydroxyl groups excluding tert-OH is 2. The van der Waals surface area contributed by atoms with Crippen LogP contribution in [-0.4, -0.2) is 241 Å². The number of aliphatic hydroxyl groups is 2. The second-order valence-electron chi connectivity index (χ2n) is 15.2. The summed E-state index contributed by atoms with van der Waals surface area (Å²) in [5.74, 6) is 1.09. The van der Waals surface area contributed by atoms with Crippen LogP contribution in [0.3, 0.4) is 0 Å². The number of benzene rings is 2. The number of phenols is 2. The van der Waals surface area contributed by atoms with E-state index in [2.05, 4.69) is 25.8 Å². The third-order valence-corrected chi connectivity index (χ3v) is 10.4. The molecule has 2 heterocycles. The summed E-state index contributed by atoms with van der Waals surface area (Å²) in [5, 5.41) is 50.3. The highest BCUT2D eigenvalue weighted by molar-refractivity contribution is 5.48. The van der Waals surface area contributed by atoms with Crippen molar-refractivity contribution in [3.05, 3.63) is 47.5 Å². The zero-order valence-corrected chi connectivity index (χ0v) is 39.3. The van der Waals surface area contributed by atoms with Crippen molar-refractivity contribution in [2.24, 2.45) is 0 Å². The van der Waals surface area contributed by atoms with Gasteiger partial charge in [-0.1, -0.05) is 24.3 Å². The van der Waals surface area contributed by atoms with Gasteiger partial charge in [-0.05, 0) is 12.1 Å². The first kappa shape index (κ1) is 56.5. The fourth-order valence-corrected chi connectivity index (χ4v) is 7.14. The molecule has 0 aliphatic carbocycles. The molecule has 2 aromatic carbocycles. The second-order valence-corrected chi connectivity index (χ2v) is 15.2. The Morgan fingerprint density at radius 3 is 1.04 bits per heavy atom. The minimum atomic E-state index is -0.138. The molecule has 0 radical (unpaired) electrons. The Hall–Kier alpha value is -3.04.